The summed E-state index contributed by atoms with van der Waals surface area (Å²) in [5.41, 5.74) is 3.39. The molecule has 0 radical (unpaired) electrons. The number of carbonyl (C=O) groups excluding carboxylic acids is 1. The standard InChI is InChI=1S/C22H26FN3O2/c1-13-8-24-20(14(2)22(13)28)12-25-9-17-10-26(15(3)27)21(19(17)11-25)16-5-4-6-18(23)7-16/h4-8,17,19,21H,9-12H2,1-3H3,(H,24,28)/t17-,19-,21-/m1/s1. The summed E-state index contributed by atoms with van der Waals surface area (Å²) in [6, 6.07) is 6.51. The molecule has 2 saturated heterocycles. The second-order valence-corrected chi connectivity index (χ2v) is 8.19. The van der Waals surface area contributed by atoms with Crippen LogP contribution in [0.2, 0.25) is 0 Å². The maximum absolute atomic E-state index is 13.8. The summed E-state index contributed by atoms with van der Waals surface area (Å²) < 4.78 is 13.8. The molecule has 2 aromatic rings. The molecule has 1 amide bonds. The first kappa shape index (κ1) is 18.9. The summed E-state index contributed by atoms with van der Waals surface area (Å²) in [5.74, 6) is 0.388. The van der Waals surface area contributed by atoms with Gasteiger partial charge < -0.3 is 9.88 Å². The van der Waals surface area contributed by atoms with Gasteiger partial charge in [0.1, 0.15) is 5.82 Å². The van der Waals surface area contributed by atoms with Gasteiger partial charge in [0, 0.05) is 62.0 Å². The zero-order valence-corrected chi connectivity index (χ0v) is 16.5. The molecule has 1 aromatic carbocycles. The molecule has 2 aliphatic rings. The number of halogens is 1. The Balaban J connectivity index is 1.57. The zero-order valence-electron chi connectivity index (χ0n) is 16.5. The summed E-state index contributed by atoms with van der Waals surface area (Å²) in [5, 5.41) is 0. The van der Waals surface area contributed by atoms with Crippen molar-refractivity contribution >= 4 is 5.91 Å². The molecule has 3 heterocycles. The van der Waals surface area contributed by atoms with Crippen molar-refractivity contribution in [1.29, 1.82) is 0 Å². The third-order valence-corrected chi connectivity index (χ3v) is 6.33. The van der Waals surface area contributed by atoms with E-state index in [9.17, 15) is 14.0 Å². The number of benzene rings is 1. The zero-order chi connectivity index (χ0) is 20.0. The Morgan fingerprint density at radius 3 is 2.75 bits per heavy atom. The number of hydrogen-bond acceptors (Lipinski definition) is 3. The third-order valence-electron chi connectivity index (χ3n) is 6.33. The van der Waals surface area contributed by atoms with Gasteiger partial charge in [-0.1, -0.05) is 12.1 Å². The molecule has 2 fully saturated rings. The molecule has 28 heavy (non-hydrogen) atoms. The minimum absolute atomic E-state index is 0.0360. The van der Waals surface area contributed by atoms with Crippen LogP contribution in [0.15, 0.2) is 35.3 Å². The number of fused-ring (bicyclic) bond motifs is 1. The maximum atomic E-state index is 13.8. The number of H-pyrrole nitrogens is 1. The fourth-order valence-electron chi connectivity index (χ4n) is 4.90. The van der Waals surface area contributed by atoms with Crippen LogP contribution in [-0.4, -0.2) is 40.3 Å². The highest BCUT2D eigenvalue weighted by atomic mass is 19.1. The number of rotatable bonds is 3. The Morgan fingerprint density at radius 1 is 1.25 bits per heavy atom. The molecule has 148 valence electrons. The summed E-state index contributed by atoms with van der Waals surface area (Å²) in [4.78, 5) is 31.9. The van der Waals surface area contributed by atoms with Crippen LogP contribution < -0.4 is 5.43 Å². The fourth-order valence-corrected chi connectivity index (χ4v) is 4.90. The van der Waals surface area contributed by atoms with Gasteiger partial charge >= 0.3 is 0 Å². The lowest BCUT2D eigenvalue weighted by Gasteiger charge is -2.29. The second kappa shape index (κ2) is 7.17. The minimum atomic E-state index is -0.271. The summed E-state index contributed by atoms with van der Waals surface area (Å²) in [6.07, 6.45) is 1.77. The Morgan fingerprint density at radius 2 is 2.04 bits per heavy atom. The number of amides is 1. The number of aromatic nitrogens is 1. The van der Waals surface area contributed by atoms with Gasteiger partial charge in [-0.25, -0.2) is 4.39 Å². The van der Waals surface area contributed by atoms with Crippen LogP contribution in [-0.2, 0) is 11.3 Å². The van der Waals surface area contributed by atoms with E-state index in [1.165, 1.54) is 6.07 Å². The number of carbonyl (C=O) groups is 1. The van der Waals surface area contributed by atoms with E-state index in [1.54, 1.807) is 25.3 Å². The molecule has 2 aliphatic heterocycles. The van der Waals surface area contributed by atoms with Gasteiger partial charge in [-0.3, -0.25) is 14.5 Å². The van der Waals surface area contributed by atoms with Crippen LogP contribution in [0, 0.1) is 31.5 Å². The van der Waals surface area contributed by atoms with Gasteiger partial charge in [-0.15, -0.1) is 0 Å². The highest BCUT2D eigenvalue weighted by Gasteiger charge is 2.48. The molecule has 0 unspecified atom stereocenters. The highest BCUT2D eigenvalue weighted by molar-refractivity contribution is 5.74. The highest BCUT2D eigenvalue weighted by Crippen LogP contribution is 2.45. The molecule has 0 aliphatic carbocycles. The van der Waals surface area contributed by atoms with E-state index in [0.717, 1.165) is 35.5 Å². The number of hydrogen-bond donors (Lipinski definition) is 1. The molecule has 1 aromatic heterocycles. The first-order valence-corrected chi connectivity index (χ1v) is 9.78. The lowest BCUT2D eigenvalue weighted by atomic mass is 9.89. The van der Waals surface area contributed by atoms with Crippen LogP contribution in [0.1, 0.15) is 35.3 Å². The average Bonchev–Trinajstić information content (AvgIpc) is 3.19. The van der Waals surface area contributed by atoms with Crippen molar-refractivity contribution in [3.8, 4) is 0 Å². The Bertz CT molecular complexity index is 970. The number of pyridine rings is 1. The molecule has 0 saturated carbocycles. The number of likely N-dealkylation sites (tertiary alicyclic amines) is 2. The minimum Gasteiger partial charge on any atom is -0.363 e. The molecule has 4 rings (SSSR count). The van der Waals surface area contributed by atoms with Gasteiger partial charge in [0.25, 0.3) is 0 Å². The summed E-state index contributed by atoms with van der Waals surface area (Å²) in [6.45, 7) is 8.35. The average molecular weight is 383 g/mol. The fraction of sp³-hybridized carbons (Fsp3) is 0.455. The molecule has 3 atom stereocenters. The maximum Gasteiger partial charge on any atom is 0.219 e. The van der Waals surface area contributed by atoms with Crippen molar-refractivity contribution < 1.29 is 9.18 Å². The number of aryl methyl sites for hydroxylation is 1. The van der Waals surface area contributed by atoms with Crippen molar-refractivity contribution in [1.82, 2.24) is 14.8 Å². The van der Waals surface area contributed by atoms with E-state index in [1.807, 2.05) is 24.8 Å². The van der Waals surface area contributed by atoms with E-state index in [4.69, 9.17) is 0 Å². The van der Waals surface area contributed by atoms with Gasteiger partial charge in [0.05, 0.1) is 6.04 Å². The first-order chi connectivity index (χ1) is 13.3. The van der Waals surface area contributed by atoms with Crippen LogP contribution in [0.3, 0.4) is 0 Å². The van der Waals surface area contributed by atoms with Gasteiger partial charge in [0.2, 0.25) is 5.91 Å². The smallest absolute Gasteiger partial charge is 0.219 e. The number of aromatic amines is 1. The van der Waals surface area contributed by atoms with E-state index in [2.05, 4.69) is 9.88 Å². The molecule has 0 spiro atoms. The van der Waals surface area contributed by atoms with Crippen molar-refractivity contribution in [2.75, 3.05) is 19.6 Å². The van der Waals surface area contributed by atoms with Crippen LogP contribution in [0.4, 0.5) is 4.39 Å². The predicted octanol–water partition coefficient (Wildman–Crippen LogP) is 2.78. The number of nitrogens with zero attached hydrogens (tertiary/aromatic N) is 2. The molecule has 5 nitrogen and oxygen atoms in total. The Labute approximate surface area is 164 Å². The van der Waals surface area contributed by atoms with Crippen LogP contribution in [0.25, 0.3) is 0 Å². The Kier molecular flexibility index (Phi) is 4.83. The van der Waals surface area contributed by atoms with Gasteiger partial charge in [0.15, 0.2) is 5.43 Å². The Hall–Kier alpha value is -2.47. The molecule has 0 bridgehead atoms. The van der Waals surface area contributed by atoms with Crippen molar-refractivity contribution in [3.63, 3.8) is 0 Å². The molecule has 6 heteroatoms. The molecular formula is C22H26FN3O2. The first-order valence-electron chi connectivity index (χ1n) is 9.78. The van der Waals surface area contributed by atoms with Gasteiger partial charge in [-0.2, -0.15) is 0 Å². The predicted molar refractivity (Wildman–Crippen MR) is 105 cm³/mol. The SMILES string of the molecule is CC(=O)N1C[C@H]2CN(Cc3[nH]cc(C)c(=O)c3C)C[C@H]2[C@H]1c1cccc(F)c1. The molecule has 1 N–H and O–H groups in total. The van der Waals surface area contributed by atoms with Crippen molar-refractivity contribution in [2.24, 2.45) is 11.8 Å². The van der Waals surface area contributed by atoms with E-state index in [0.29, 0.717) is 19.0 Å². The van der Waals surface area contributed by atoms with E-state index in [-0.39, 0.29) is 29.1 Å². The lowest BCUT2D eigenvalue weighted by molar-refractivity contribution is -0.130. The number of nitrogens with one attached hydrogen (secondary N) is 1. The van der Waals surface area contributed by atoms with Crippen LogP contribution in [0.5, 0.6) is 0 Å². The van der Waals surface area contributed by atoms with E-state index >= 15 is 0 Å². The topological polar surface area (TPSA) is 56.4 Å². The monoisotopic (exact) mass is 383 g/mol. The second-order valence-electron chi connectivity index (χ2n) is 8.19. The van der Waals surface area contributed by atoms with Crippen molar-refractivity contribution in [3.05, 3.63) is 68.9 Å². The third kappa shape index (κ3) is 3.26. The van der Waals surface area contributed by atoms with Crippen LogP contribution >= 0.6 is 0 Å². The van der Waals surface area contributed by atoms with E-state index < -0.39 is 0 Å². The normalized spacial score (nSPS) is 24.6. The summed E-state index contributed by atoms with van der Waals surface area (Å²) in [7, 11) is 0. The lowest BCUT2D eigenvalue weighted by Crippen LogP contribution is -2.34. The summed E-state index contributed by atoms with van der Waals surface area (Å²) >= 11 is 0. The quantitative estimate of drug-likeness (QED) is 0.887. The van der Waals surface area contributed by atoms with Crippen molar-refractivity contribution in [2.45, 2.75) is 33.4 Å². The largest absolute Gasteiger partial charge is 0.363 e. The van der Waals surface area contributed by atoms with Gasteiger partial charge in [-0.05, 0) is 37.5 Å². The molecular weight excluding hydrogens is 357 g/mol.